The van der Waals surface area contributed by atoms with Crippen molar-refractivity contribution in [1.29, 1.82) is 0 Å². The van der Waals surface area contributed by atoms with Crippen molar-refractivity contribution in [3.05, 3.63) is 0 Å². The van der Waals surface area contributed by atoms with E-state index in [1.165, 1.54) is 7.05 Å². The maximum absolute atomic E-state index is 10.5. The Labute approximate surface area is 59.3 Å². The molecule has 0 unspecified atom stereocenters. The fourth-order valence-corrected chi connectivity index (χ4v) is 0.639. The average molecular weight is 166 g/mol. The van der Waals surface area contributed by atoms with E-state index in [0.717, 1.165) is 6.26 Å². The van der Waals surface area contributed by atoms with Crippen LogP contribution in [0.2, 0.25) is 0 Å². The van der Waals surface area contributed by atoms with Crippen LogP contribution in [0.1, 0.15) is 0 Å². The van der Waals surface area contributed by atoms with Crippen molar-refractivity contribution >= 4 is 16.0 Å². The lowest BCUT2D eigenvalue weighted by Gasteiger charge is -2.13. The number of carbonyl (C=O) groups is 1. The van der Waals surface area contributed by atoms with Gasteiger partial charge in [-0.3, -0.25) is 0 Å². The van der Waals surface area contributed by atoms with Gasteiger partial charge in [0.1, 0.15) is 0 Å². The third-order valence-electron chi connectivity index (χ3n) is 0.918. The Morgan fingerprint density at radius 1 is 1.60 bits per heavy atom. The minimum atomic E-state index is -3.39. The van der Waals surface area contributed by atoms with E-state index >= 15 is 0 Å². The van der Waals surface area contributed by atoms with Gasteiger partial charge in [-0.25, -0.2) is 8.42 Å². The smallest absolute Gasteiger partial charge is 0.211 e. The normalized spacial score (nSPS) is 11.9. The molecule has 0 aliphatic rings. The number of likely N-dealkylation sites (N-methyl/N-ethyl adjacent to an activating group) is 1. The zero-order chi connectivity index (χ0) is 8.36. The first-order valence-electron chi connectivity index (χ1n) is 2.45. The molecule has 0 rings (SSSR count). The van der Waals surface area contributed by atoms with Gasteiger partial charge in [0.2, 0.25) is 10.0 Å². The quantitative estimate of drug-likeness (QED) is 0.469. The first-order chi connectivity index (χ1) is 4.34. The van der Waals surface area contributed by atoms with E-state index in [2.05, 4.69) is 0 Å². The van der Waals surface area contributed by atoms with Crippen LogP contribution in [0.3, 0.4) is 0 Å². The first-order valence-corrected chi connectivity index (χ1v) is 4.30. The number of carboxylic acid groups (broad SMARTS) is 1. The molecular formula is C4H8NO4S-. The molecule has 5 nitrogen and oxygen atoms in total. The lowest BCUT2D eigenvalue weighted by Crippen LogP contribution is -2.38. The monoisotopic (exact) mass is 166 g/mol. The molecule has 0 saturated carbocycles. The second kappa shape index (κ2) is 2.98. The Morgan fingerprint density at radius 2 is 2.00 bits per heavy atom. The standard InChI is InChI=1S/C4H9NO4S/c1-5(3-4(6)7)10(2,8)9/h3H2,1-2H3,(H,6,7)/p-1. The molecular weight excluding hydrogens is 158 g/mol. The Balaban J connectivity index is 4.12. The molecule has 10 heavy (non-hydrogen) atoms. The zero-order valence-electron chi connectivity index (χ0n) is 5.70. The van der Waals surface area contributed by atoms with Crippen molar-refractivity contribution < 1.29 is 18.3 Å². The molecule has 0 saturated heterocycles. The van der Waals surface area contributed by atoms with Crippen molar-refractivity contribution in [1.82, 2.24) is 4.31 Å². The first kappa shape index (κ1) is 9.38. The van der Waals surface area contributed by atoms with Crippen molar-refractivity contribution in [3.8, 4) is 0 Å². The summed E-state index contributed by atoms with van der Waals surface area (Å²) in [4.78, 5) is 9.84. The molecule has 0 fully saturated rings. The van der Waals surface area contributed by atoms with E-state index in [4.69, 9.17) is 0 Å². The van der Waals surface area contributed by atoms with Gasteiger partial charge in [0.25, 0.3) is 0 Å². The van der Waals surface area contributed by atoms with Crippen molar-refractivity contribution in [3.63, 3.8) is 0 Å². The van der Waals surface area contributed by atoms with Gasteiger partial charge in [-0.05, 0) is 0 Å². The third kappa shape index (κ3) is 3.41. The van der Waals surface area contributed by atoms with Crippen LogP contribution < -0.4 is 5.11 Å². The molecule has 0 spiro atoms. The predicted molar refractivity (Wildman–Crippen MR) is 32.5 cm³/mol. The van der Waals surface area contributed by atoms with Crippen LogP contribution in [0.25, 0.3) is 0 Å². The Bertz CT molecular complexity index is 219. The maximum atomic E-state index is 10.5. The largest absolute Gasteiger partial charge is 0.549 e. The summed E-state index contributed by atoms with van der Waals surface area (Å²) >= 11 is 0. The highest BCUT2D eigenvalue weighted by Gasteiger charge is 2.09. The van der Waals surface area contributed by atoms with E-state index in [1.807, 2.05) is 0 Å². The summed E-state index contributed by atoms with van der Waals surface area (Å²) < 4.78 is 21.7. The molecule has 0 amide bonds. The number of carbonyl (C=O) groups excluding carboxylic acids is 1. The molecule has 0 aromatic rings. The van der Waals surface area contributed by atoms with Gasteiger partial charge in [-0.1, -0.05) is 0 Å². The van der Waals surface area contributed by atoms with Crippen LogP contribution in [-0.4, -0.2) is 38.5 Å². The van der Waals surface area contributed by atoms with Crippen molar-refractivity contribution in [2.24, 2.45) is 0 Å². The molecule has 0 aliphatic carbocycles. The molecule has 0 atom stereocenters. The van der Waals surface area contributed by atoms with Crippen LogP contribution in [0, 0.1) is 0 Å². The second-order valence-electron chi connectivity index (χ2n) is 1.89. The Hall–Kier alpha value is -0.620. The molecule has 0 heterocycles. The lowest BCUT2D eigenvalue weighted by atomic mass is 10.7. The van der Waals surface area contributed by atoms with Crippen LogP contribution in [0.5, 0.6) is 0 Å². The van der Waals surface area contributed by atoms with Gasteiger partial charge in [-0.2, -0.15) is 4.31 Å². The number of rotatable bonds is 3. The molecule has 60 valence electrons. The van der Waals surface area contributed by atoms with Crippen LogP contribution in [0.15, 0.2) is 0 Å². The second-order valence-corrected chi connectivity index (χ2v) is 3.98. The molecule has 0 radical (unpaired) electrons. The van der Waals surface area contributed by atoms with Crippen LogP contribution in [0.4, 0.5) is 0 Å². The highest BCUT2D eigenvalue weighted by molar-refractivity contribution is 7.88. The van der Waals surface area contributed by atoms with Gasteiger partial charge >= 0.3 is 0 Å². The van der Waals surface area contributed by atoms with Gasteiger partial charge in [0.05, 0.1) is 18.8 Å². The summed E-state index contributed by atoms with van der Waals surface area (Å²) in [6.07, 6.45) is 0.927. The molecule has 0 aromatic carbocycles. The van der Waals surface area contributed by atoms with E-state index < -0.39 is 22.5 Å². The summed E-state index contributed by atoms with van der Waals surface area (Å²) in [5.41, 5.74) is 0. The number of sulfonamides is 1. The van der Waals surface area contributed by atoms with E-state index in [-0.39, 0.29) is 0 Å². The third-order valence-corrected chi connectivity index (χ3v) is 2.18. The van der Waals surface area contributed by atoms with E-state index in [9.17, 15) is 18.3 Å². The van der Waals surface area contributed by atoms with Gasteiger partial charge in [-0.15, -0.1) is 0 Å². The van der Waals surface area contributed by atoms with Crippen molar-refractivity contribution in [2.45, 2.75) is 0 Å². The molecule has 0 bridgehead atoms. The summed E-state index contributed by atoms with van der Waals surface area (Å²) in [6.45, 7) is -0.598. The number of nitrogens with zero attached hydrogens (tertiary/aromatic N) is 1. The van der Waals surface area contributed by atoms with E-state index in [1.54, 1.807) is 0 Å². The molecule has 6 heteroatoms. The fraction of sp³-hybridized carbons (Fsp3) is 0.750. The highest BCUT2D eigenvalue weighted by atomic mass is 32.2. The molecule has 0 aromatic heterocycles. The van der Waals surface area contributed by atoms with Gasteiger partial charge < -0.3 is 9.90 Å². The van der Waals surface area contributed by atoms with Gasteiger partial charge in [0.15, 0.2) is 0 Å². The van der Waals surface area contributed by atoms with Crippen molar-refractivity contribution in [2.75, 3.05) is 19.8 Å². The Morgan fingerprint density at radius 3 is 2.10 bits per heavy atom. The van der Waals surface area contributed by atoms with Gasteiger partial charge in [0, 0.05) is 7.05 Å². The number of hydrogen-bond acceptors (Lipinski definition) is 4. The topological polar surface area (TPSA) is 77.5 Å². The summed E-state index contributed by atoms with van der Waals surface area (Å²) in [7, 11) is -2.21. The SMILES string of the molecule is CN(CC(=O)[O-])S(C)(=O)=O. The number of aliphatic carboxylic acids is 1. The maximum Gasteiger partial charge on any atom is 0.211 e. The summed E-state index contributed by atoms with van der Waals surface area (Å²) in [5.74, 6) is -1.41. The average Bonchev–Trinajstić information content (AvgIpc) is 1.60. The number of hydrogen-bond donors (Lipinski definition) is 0. The van der Waals surface area contributed by atoms with E-state index in [0.29, 0.717) is 4.31 Å². The minimum absolute atomic E-state index is 0.598. The fourth-order valence-electron chi connectivity index (χ4n) is 0.299. The molecule has 0 aliphatic heterocycles. The minimum Gasteiger partial charge on any atom is -0.549 e. The lowest BCUT2D eigenvalue weighted by molar-refractivity contribution is -0.305. The Kier molecular flexibility index (Phi) is 2.79. The van der Waals surface area contributed by atoms with Crippen LogP contribution in [-0.2, 0) is 14.8 Å². The summed E-state index contributed by atoms with van der Waals surface area (Å²) in [5, 5.41) is 9.84. The molecule has 0 N–H and O–H groups in total. The predicted octanol–water partition coefficient (Wildman–Crippen LogP) is -2.37. The zero-order valence-corrected chi connectivity index (χ0v) is 6.51. The number of carboxylic acids is 1. The van der Waals surface area contributed by atoms with Crippen LogP contribution >= 0.6 is 0 Å². The highest BCUT2D eigenvalue weighted by Crippen LogP contribution is 1.89. The summed E-state index contributed by atoms with van der Waals surface area (Å²) in [6, 6.07) is 0.